The molecule has 0 aliphatic carbocycles. The van der Waals surface area contributed by atoms with Crippen LogP contribution in [0, 0.1) is 5.92 Å². The molecule has 1 unspecified atom stereocenters. The van der Waals surface area contributed by atoms with Crippen LogP contribution in [-0.4, -0.2) is 34.9 Å². The van der Waals surface area contributed by atoms with Crippen molar-refractivity contribution in [3.63, 3.8) is 0 Å². The molecule has 0 spiro atoms. The van der Waals surface area contributed by atoms with Gasteiger partial charge in [0.25, 0.3) is 5.91 Å². The van der Waals surface area contributed by atoms with Crippen molar-refractivity contribution in [2.75, 3.05) is 13.1 Å². The Bertz CT molecular complexity index is 456. The number of carbonyl (C=O) groups excluding carboxylic acids is 1. The Morgan fingerprint density at radius 1 is 1.58 bits per heavy atom. The Kier molecular flexibility index (Phi) is 5.82. The molecule has 0 fully saturated rings. The molecular formula is C13H21N3O2S. The average Bonchev–Trinajstić information content (AvgIpc) is 2.90. The summed E-state index contributed by atoms with van der Waals surface area (Å²) in [6.45, 7) is 6.85. The summed E-state index contributed by atoms with van der Waals surface area (Å²) in [7, 11) is 0. The molecular weight excluding hydrogens is 262 g/mol. The predicted octanol–water partition coefficient (Wildman–Crippen LogP) is 2.16. The summed E-state index contributed by atoms with van der Waals surface area (Å²) in [5.74, 6) is -0.000904. The molecule has 0 aliphatic heterocycles. The number of nitrogens with two attached hydrogens (primary N) is 1. The largest absolute Gasteiger partial charge is 0.409 e. The molecule has 1 aromatic heterocycles. The minimum atomic E-state index is -0.168. The first-order chi connectivity index (χ1) is 9.04. The van der Waals surface area contributed by atoms with Crippen LogP contribution in [0.2, 0.25) is 0 Å². The minimum Gasteiger partial charge on any atom is -0.409 e. The number of amides is 1. The van der Waals surface area contributed by atoms with E-state index in [4.69, 9.17) is 10.9 Å². The summed E-state index contributed by atoms with van der Waals surface area (Å²) < 4.78 is 0. The van der Waals surface area contributed by atoms with Crippen molar-refractivity contribution in [1.82, 2.24) is 4.90 Å². The number of aryl methyl sites for hydroxylation is 1. The molecule has 1 atom stereocenters. The Morgan fingerprint density at radius 3 is 2.79 bits per heavy atom. The second-order valence-corrected chi connectivity index (χ2v) is 5.31. The van der Waals surface area contributed by atoms with Crippen LogP contribution >= 0.6 is 11.3 Å². The third-order valence-electron chi connectivity index (χ3n) is 3.11. The van der Waals surface area contributed by atoms with E-state index in [1.807, 2.05) is 32.2 Å². The highest BCUT2D eigenvalue weighted by atomic mass is 32.1. The molecule has 6 heteroatoms. The maximum Gasteiger partial charge on any atom is 0.264 e. The molecule has 0 saturated heterocycles. The Morgan fingerprint density at radius 2 is 2.26 bits per heavy atom. The number of amidine groups is 1. The van der Waals surface area contributed by atoms with Gasteiger partial charge >= 0.3 is 0 Å². The highest BCUT2D eigenvalue weighted by Gasteiger charge is 2.21. The van der Waals surface area contributed by atoms with E-state index in [9.17, 15) is 4.79 Å². The van der Waals surface area contributed by atoms with Crippen molar-refractivity contribution in [2.45, 2.75) is 27.2 Å². The van der Waals surface area contributed by atoms with Crippen molar-refractivity contribution in [2.24, 2.45) is 16.8 Å². The van der Waals surface area contributed by atoms with Crippen LogP contribution in [0.15, 0.2) is 16.6 Å². The van der Waals surface area contributed by atoms with E-state index in [-0.39, 0.29) is 17.7 Å². The van der Waals surface area contributed by atoms with E-state index in [1.165, 1.54) is 11.3 Å². The lowest BCUT2D eigenvalue weighted by Crippen LogP contribution is -2.38. The second-order valence-electron chi connectivity index (χ2n) is 4.40. The fraction of sp³-hybridized carbons (Fsp3) is 0.538. The van der Waals surface area contributed by atoms with Crippen molar-refractivity contribution >= 4 is 23.1 Å². The van der Waals surface area contributed by atoms with Crippen molar-refractivity contribution in [3.05, 3.63) is 21.9 Å². The summed E-state index contributed by atoms with van der Waals surface area (Å²) in [6.07, 6.45) is 0.845. The SMILES string of the molecule is CCc1ccsc1C(=O)N(CC)CC(C)C(N)=NO. The lowest BCUT2D eigenvalue weighted by atomic mass is 10.1. The van der Waals surface area contributed by atoms with Crippen LogP contribution in [0.5, 0.6) is 0 Å². The summed E-state index contributed by atoms with van der Waals surface area (Å²) in [6, 6.07) is 1.98. The molecule has 1 amide bonds. The summed E-state index contributed by atoms with van der Waals surface area (Å²) in [5.41, 5.74) is 6.63. The van der Waals surface area contributed by atoms with Gasteiger partial charge in [0.05, 0.1) is 4.88 Å². The van der Waals surface area contributed by atoms with E-state index in [0.29, 0.717) is 13.1 Å². The lowest BCUT2D eigenvalue weighted by molar-refractivity contribution is 0.0757. The monoisotopic (exact) mass is 283 g/mol. The predicted molar refractivity (Wildman–Crippen MR) is 77.8 cm³/mol. The van der Waals surface area contributed by atoms with Gasteiger partial charge < -0.3 is 15.8 Å². The van der Waals surface area contributed by atoms with Gasteiger partial charge in [0.1, 0.15) is 5.84 Å². The van der Waals surface area contributed by atoms with E-state index < -0.39 is 0 Å². The Labute approximate surface area is 117 Å². The number of rotatable bonds is 6. The Hall–Kier alpha value is -1.56. The summed E-state index contributed by atoms with van der Waals surface area (Å²) >= 11 is 1.47. The van der Waals surface area contributed by atoms with Crippen molar-refractivity contribution in [1.29, 1.82) is 0 Å². The lowest BCUT2D eigenvalue weighted by Gasteiger charge is -2.24. The molecule has 1 aromatic rings. The van der Waals surface area contributed by atoms with E-state index in [0.717, 1.165) is 16.9 Å². The second kappa shape index (κ2) is 7.13. The molecule has 1 heterocycles. The van der Waals surface area contributed by atoms with Crippen LogP contribution in [0.4, 0.5) is 0 Å². The highest BCUT2D eigenvalue weighted by Crippen LogP contribution is 2.20. The van der Waals surface area contributed by atoms with Gasteiger partial charge in [-0.15, -0.1) is 11.3 Å². The fourth-order valence-electron chi connectivity index (χ4n) is 1.82. The molecule has 0 saturated carbocycles. The van der Waals surface area contributed by atoms with Gasteiger partial charge in [-0.05, 0) is 30.4 Å². The van der Waals surface area contributed by atoms with E-state index >= 15 is 0 Å². The standard InChI is InChI=1S/C13H21N3O2S/c1-4-10-6-7-19-11(10)13(17)16(5-2)8-9(3)12(14)15-18/h6-7,9,18H,4-5,8H2,1-3H3,(H2,14,15). The smallest absolute Gasteiger partial charge is 0.264 e. The fourth-order valence-corrected chi connectivity index (χ4v) is 2.79. The minimum absolute atomic E-state index is 0.0203. The topological polar surface area (TPSA) is 78.9 Å². The van der Waals surface area contributed by atoms with Gasteiger partial charge in [-0.1, -0.05) is 19.0 Å². The third kappa shape index (κ3) is 3.70. The van der Waals surface area contributed by atoms with Crippen LogP contribution in [0.3, 0.4) is 0 Å². The highest BCUT2D eigenvalue weighted by molar-refractivity contribution is 7.12. The first kappa shape index (κ1) is 15.5. The van der Waals surface area contributed by atoms with Crippen molar-refractivity contribution < 1.29 is 10.0 Å². The summed E-state index contributed by atoms with van der Waals surface area (Å²) in [4.78, 5) is 15.0. The normalized spacial score (nSPS) is 13.3. The zero-order valence-corrected chi connectivity index (χ0v) is 12.4. The average molecular weight is 283 g/mol. The molecule has 0 aromatic carbocycles. The molecule has 0 radical (unpaired) electrons. The zero-order chi connectivity index (χ0) is 14.4. The maximum atomic E-state index is 12.5. The quantitative estimate of drug-likeness (QED) is 0.363. The van der Waals surface area contributed by atoms with Gasteiger partial charge in [0.15, 0.2) is 0 Å². The number of nitrogens with zero attached hydrogens (tertiary/aromatic N) is 2. The Balaban J connectivity index is 2.83. The van der Waals surface area contributed by atoms with Gasteiger partial charge in [-0.2, -0.15) is 0 Å². The first-order valence-electron chi connectivity index (χ1n) is 6.38. The number of hydrogen-bond donors (Lipinski definition) is 2. The summed E-state index contributed by atoms with van der Waals surface area (Å²) in [5, 5.41) is 13.6. The van der Waals surface area contributed by atoms with Gasteiger partial charge in [-0.3, -0.25) is 4.79 Å². The van der Waals surface area contributed by atoms with Gasteiger partial charge in [0.2, 0.25) is 0 Å². The number of thiophene rings is 1. The van der Waals surface area contributed by atoms with E-state index in [2.05, 4.69) is 5.16 Å². The van der Waals surface area contributed by atoms with Gasteiger partial charge in [0, 0.05) is 19.0 Å². The number of hydrogen-bond acceptors (Lipinski definition) is 4. The molecule has 0 bridgehead atoms. The zero-order valence-electron chi connectivity index (χ0n) is 11.6. The number of carbonyl (C=O) groups is 1. The molecule has 0 aliphatic rings. The van der Waals surface area contributed by atoms with Crippen LogP contribution in [-0.2, 0) is 6.42 Å². The van der Waals surface area contributed by atoms with Crippen LogP contribution in [0.25, 0.3) is 0 Å². The third-order valence-corrected chi connectivity index (χ3v) is 4.05. The number of oxime groups is 1. The molecule has 19 heavy (non-hydrogen) atoms. The molecule has 3 N–H and O–H groups in total. The van der Waals surface area contributed by atoms with Crippen LogP contribution < -0.4 is 5.73 Å². The first-order valence-corrected chi connectivity index (χ1v) is 7.26. The molecule has 1 rings (SSSR count). The maximum absolute atomic E-state index is 12.5. The van der Waals surface area contributed by atoms with Gasteiger partial charge in [-0.25, -0.2) is 0 Å². The van der Waals surface area contributed by atoms with Crippen LogP contribution in [0.1, 0.15) is 36.0 Å². The molecule has 5 nitrogen and oxygen atoms in total. The van der Waals surface area contributed by atoms with E-state index in [1.54, 1.807) is 4.90 Å². The molecule has 106 valence electrons. The van der Waals surface area contributed by atoms with Crippen molar-refractivity contribution in [3.8, 4) is 0 Å².